The van der Waals surface area contributed by atoms with Crippen molar-refractivity contribution in [1.82, 2.24) is 19.4 Å². The van der Waals surface area contributed by atoms with E-state index in [2.05, 4.69) is 14.9 Å². The molecule has 1 unspecified atom stereocenters. The van der Waals surface area contributed by atoms with Gasteiger partial charge in [0, 0.05) is 37.5 Å². The molecule has 5 rings (SSSR count). The fraction of sp³-hybridized carbons (Fsp3) is 0.296. The highest BCUT2D eigenvalue weighted by atomic mass is 35.5. The zero-order valence-corrected chi connectivity index (χ0v) is 21.6. The molecular formula is C27H29ClN4O6. The van der Waals surface area contributed by atoms with Crippen LogP contribution in [0.4, 0.5) is 0 Å². The molecule has 1 saturated heterocycles. The van der Waals surface area contributed by atoms with E-state index in [1.807, 2.05) is 59.3 Å². The maximum atomic E-state index is 10.3. The second-order valence-corrected chi connectivity index (χ2v) is 8.84. The van der Waals surface area contributed by atoms with Crippen molar-refractivity contribution in [3.05, 3.63) is 66.2 Å². The number of hydrogen-bond donors (Lipinski definition) is 2. The van der Waals surface area contributed by atoms with Crippen molar-refractivity contribution in [2.75, 3.05) is 46.6 Å². The fourth-order valence-corrected chi connectivity index (χ4v) is 4.49. The van der Waals surface area contributed by atoms with E-state index in [1.165, 1.54) is 6.33 Å². The minimum Gasteiger partial charge on any atom is -0.497 e. The number of methoxy groups -OCH3 is 1. The number of nitrogens with zero attached hydrogens (tertiary/aromatic N) is 4. The SMILES string of the molecule is COc1cccc(-n2cc(-c3ccc(OCC(O)CN4CCOCC4)cc3)c3c(Cl)ncnc32)c1.O=CO. The highest BCUT2D eigenvalue weighted by molar-refractivity contribution is 6.35. The Morgan fingerprint density at radius 3 is 2.58 bits per heavy atom. The van der Waals surface area contributed by atoms with Gasteiger partial charge in [0.1, 0.15) is 41.3 Å². The molecule has 0 saturated carbocycles. The summed E-state index contributed by atoms with van der Waals surface area (Å²) in [6.07, 6.45) is 2.90. The third kappa shape index (κ3) is 6.59. The first-order valence-electron chi connectivity index (χ1n) is 12.0. The second kappa shape index (κ2) is 13.2. The average Bonchev–Trinajstić information content (AvgIpc) is 3.34. The fourth-order valence-electron chi connectivity index (χ4n) is 4.26. The molecule has 2 N–H and O–H groups in total. The third-order valence-corrected chi connectivity index (χ3v) is 6.34. The van der Waals surface area contributed by atoms with Crippen molar-refractivity contribution < 1.29 is 29.2 Å². The van der Waals surface area contributed by atoms with Gasteiger partial charge < -0.3 is 29.0 Å². The van der Waals surface area contributed by atoms with Crippen LogP contribution in [0.2, 0.25) is 5.15 Å². The molecule has 0 amide bonds. The van der Waals surface area contributed by atoms with Crippen molar-refractivity contribution in [2.24, 2.45) is 0 Å². The van der Waals surface area contributed by atoms with Crippen LogP contribution in [-0.4, -0.2) is 88.8 Å². The number of fused-ring (bicyclic) bond motifs is 1. The Morgan fingerprint density at radius 2 is 1.87 bits per heavy atom. The van der Waals surface area contributed by atoms with Crippen LogP contribution in [-0.2, 0) is 9.53 Å². The Morgan fingerprint density at radius 1 is 1.13 bits per heavy atom. The number of aromatic nitrogens is 3. The summed E-state index contributed by atoms with van der Waals surface area (Å²) in [6, 6.07) is 15.5. The molecule has 11 heteroatoms. The van der Waals surface area contributed by atoms with E-state index in [0.29, 0.717) is 36.3 Å². The molecule has 2 aromatic carbocycles. The largest absolute Gasteiger partial charge is 0.497 e. The molecule has 0 spiro atoms. The standard InChI is InChI=1S/C26H27ClN4O4.CH2O2/c1-33-22-4-2-3-19(13-22)31-15-23(24-25(27)28-17-29-26(24)31)18-5-7-21(8-6-18)35-16-20(32)14-30-9-11-34-12-10-30;2-1-3/h2-8,13,15,17,20,32H,9-12,14,16H2,1H3;1H,(H,2,3). The Balaban J connectivity index is 0.00000107. The van der Waals surface area contributed by atoms with E-state index in [9.17, 15) is 5.11 Å². The van der Waals surface area contributed by atoms with Gasteiger partial charge in [0.05, 0.1) is 31.4 Å². The molecule has 38 heavy (non-hydrogen) atoms. The van der Waals surface area contributed by atoms with Gasteiger partial charge in [-0.3, -0.25) is 9.69 Å². The van der Waals surface area contributed by atoms with E-state index in [-0.39, 0.29) is 13.1 Å². The summed E-state index contributed by atoms with van der Waals surface area (Å²) in [5.74, 6) is 1.44. The van der Waals surface area contributed by atoms with Crippen LogP contribution in [0.3, 0.4) is 0 Å². The number of ether oxygens (including phenoxy) is 3. The first kappa shape index (κ1) is 27.3. The topological polar surface area (TPSA) is 119 Å². The number of aliphatic hydroxyl groups is 1. The minimum atomic E-state index is -0.565. The molecule has 0 radical (unpaired) electrons. The third-order valence-electron chi connectivity index (χ3n) is 6.05. The lowest BCUT2D eigenvalue weighted by atomic mass is 10.1. The molecule has 3 heterocycles. The van der Waals surface area contributed by atoms with E-state index in [1.54, 1.807) is 7.11 Å². The van der Waals surface area contributed by atoms with Crippen molar-refractivity contribution in [2.45, 2.75) is 6.10 Å². The van der Waals surface area contributed by atoms with Gasteiger partial charge in [-0.25, -0.2) is 9.97 Å². The van der Waals surface area contributed by atoms with Crippen LogP contribution >= 0.6 is 11.6 Å². The number of rotatable bonds is 8. The summed E-state index contributed by atoms with van der Waals surface area (Å²) in [7, 11) is 1.64. The van der Waals surface area contributed by atoms with Crippen molar-refractivity contribution in [1.29, 1.82) is 0 Å². The van der Waals surface area contributed by atoms with Crippen LogP contribution in [0.15, 0.2) is 61.1 Å². The maximum absolute atomic E-state index is 10.3. The van der Waals surface area contributed by atoms with Crippen LogP contribution in [0, 0.1) is 0 Å². The summed E-state index contributed by atoms with van der Waals surface area (Å²) in [6.45, 7) is 3.63. The maximum Gasteiger partial charge on any atom is 0.290 e. The predicted octanol–water partition coefficient (Wildman–Crippen LogP) is 3.52. The molecular weight excluding hydrogens is 512 g/mol. The number of carboxylic acid groups (broad SMARTS) is 1. The molecule has 10 nitrogen and oxygen atoms in total. The number of β-amino-alcohol motifs (C(OH)–C–C–N with tert-alkyl or cyclic N) is 1. The summed E-state index contributed by atoms with van der Waals surface area (Å²) >= 11 is 6.51. The van der Waals surface area contributed by atoms with Crippen LogP contribution in [0.25, 0.3) is 27.8 Å². The number of morpholine rings is 1. The molecule has 0 aliphatic carbocycles. The number of aliphatic hydroxyl groups excluding tert-OH is 1. The normalized spacial score (nSPS) is 14.4. The monoisotopic (exact) mass is 540 g/mol. The highest BCUT2D eigenvalue weighted by Gasteiger charge is 2.18. The number of hydrogen-bond acceptors (Lipinski definition) is 8. The van der Waals surface area contributed by atoms with Gasteiger partial charge >= 0.3 is 0 Å². The molecule has 200 valence electrons. The van der Waals surface area contributed by atoms with E-state index in [4.69, 9.17) is 35.7 Å². The summed E-state index contributed by atoms with van der Waals surface area (Å²) in [4.78, 5) is 19.2. The van der Waals surface area contributed by atoms with E-state index >= 15 is 0 Å². The molecule has 2 aromatic heterocycles. The smallest absolute Gasteiger partial charge is 0.290 e. The first-order valence-corrected chi connectivity index (χ1v) is 12.4. The van der Waals surface area contributed by atoms with Gasteiger partial charge in [-0.2, -0.15) is 0 Å². The number of carbonyl (C=O) groups is 1. The average molecular weight is 541 g/mol. The summed E-state index contributed by atoms with van der Waals surface area (Å²) in [5.41, 5.74) is 3.48. The predicted molar refractivity (Wildman–Crippen MR) is 143 cm³/mol. The van der Waals surface area contributed by atoms with Crippen molar-refractivity contribution >= 4 is 29.1 Å². The molecule has 0 bridgehead atoms. The number of halogens is 1. The van der Waals surface area contributed by atoms with Gasteiger partial charge in [-0.15, -0.1) is 0 Å². The molecule has 1 fully saturated rings. The zero-order chi connectivity index (χ0) is 26.9. The van der Waals surface area contributed by atoms with Crippen LogP contribution in [0.1, 0.15) is 0 Å². The zero-order valence-electron chi connectivity index (χ0n) is 20.9. The van der Waals surface area contributed by atoms with E-state index in [0.717, 1.165) is 41.0 Å². The van der Waals surface area contributed by atoms with Crippen molar-refractivity contribution in [3.63, 3.8) is 0 Å². The van der Waals surface area contributed by atoms with Gasteiger partial charge in [-0.05, 0) is 29.8 Å². The molecule has 1 atom stereocenters. The highest BCUT2D eigenvalue weighted by Crippen LogP contribution is 2.36. The van der Waals surface area contributed by atoms with Gasteiger partial charge in [-0.1, -0.05) is 29.8 Å². The minimum absolute atomic E-state index is 0.228. The first-order chi connectivity index (χ1) is 18.5. The van der Waals surface area contributed by atoms with Crippen molar-refractivity contribution in [3.8, 4) is 28.3 Å². The van der Waals surface area contributed by atoms with Crippen LogP contribution < -0.4 is 9.47 Å². The van der Waals surface area contributed by atoms with E-state index < -0.39 is 6.10 Å². The lowest BCUT2D eigenvalue weighted by molar-refractivity contribution is -0.122. The van der Waals surface area contributed by atoms with Crippen LogP contribution in [0.5, 0.6) is 11.5 Å². The lowest BCUT2D eigenvalue weighted by Gasteiger charge is -2.28. The quantitative estimate of drug-likeness (QED) is 0.255. The Kier molecular flexibility index (Phi) is 9.50. The van der Waals surface area contributed by atoms with Gasteiger partial charge in [0.25, 0.3) is 6.47 Å². The second-order valence-electron chi connectivity index (χ2n) is 8.48. The molecule has 4 aromatic rings. The Labute approximate surface area is 225 Å². The summed E-state index contributed by atoms with van der Waals surface area (Å²) in [5, 5.41) is 18.4. The lowest BCUT2D eigenvalue weighted by Crippen LogP contribution is -2.42. The number of benzene rings is 2. The Bertz CT molecular complexity index is 1340. The van der Waals surface area contributed by atoms with Gasteiger partial charge in [0.2, 0.25) is 0 Å². The summed E-state index contributed by atoms with van der Waals surface area (Å²) < 4.78 is 18.6. The molecule has 1 aliphatic heterocycles. The molecule has 1 aliphatic rings. The Hall–Kier alpha value is -3.70. The van der Waals surface area contributed by atoms with Gasteiger partial charge in [0.15, 0.2) is 0 Å².